The first-order valence-electron chi connectivity index (χ1n) is 2.25. The van der Waals surface area contributed by atoms with Crippen LogP contribution >= 0.6 is 0 Å². The van der Waals surface area contributed by atoms with Crippen LogP contribution in [0.4, 0.5) is 0 Å². The second kappa shape index (κ2) is 1.78. The number of aliphatic hydroxyl groups is 1. The van der Waals surface area contributed by atoms with Crippen LogP contribution in [0.1, 0.15) is 6.42 Å². The van der Waals surface area contributed by atoms with E-state index in [2.05, 4.69) is 4.99 Å². The van der Waals surface area contributed by atoms with Crippen molar-refractivity contribution in [3.63, 3.8) is 0 Å². The lowest BCUT2D eigenvalue weighted by Gasteiger charge is -1.94. The Balaban J connectivity index is 2.77. The molecule has 0 saturated carbocycles. The molecule has 0 bridgehead atoms. The second-order valence-corrected chi connectivity index (χ2v) is 1.48. The smallest absolute Gasteiger partial charge is 0.213 e. The number of aliphatic imine (C=N–C) groups is 1. The van der Waals surface area contributed by atoms with E-state index in [1.54, 1.807) is 0 Å². The number of rotatable bonds is 0. The van der Waals surface area contributed by atoms with Crippen molar-refractivity contribution in [2.45, 2.75) is 6.42 Å². The molecule has 1 aliphatic heterocycles. The Hall–Kier alpha value is -1.12. The number of ketones is 1. The van der Waals surface area contributed by atoms with Crippen LogP contribution in [-0.2, 0) is 4.79 Å². The van der Waals surface area contributed by atoms with E-state index < -0.39 is 0 Å². The molecule has 0 radical (unpaired) electrons. The third-order valence-electron chi connectivity index (χ3n) is 0.806. The Kier molecular flexibility index (Phi) is 1.12. The van der Waals surface area contributed by atoms with E-state index in [-0.39, 0.29) is 11.7 Å². The van der Waals surface area contributed by atoms with Crippen LogP contribution in [0, 0.1) is 0 Å². The number of nitrogens with zero attached hydrogens (tertiary/aromatic N) is 1. The van der Waals surface area contributed by atoms with Gasteiger partial charge in [0, 0.05) is 18.7 Å². The number of aliphatic hydroxyl groups excluding tert-OH is 1. The summed E-state index contributed by atoms with van der Waals surface area (Å²) >= 11 is 0. The van der Waals surface area contributed by atoms with E-state index in [4.69, 9.17) is 5.11 Å². The van der Waals surface area contributed by atoms with Crippen molar-refractivity contribution in [2.75, 3.05) is 0 Å². The molecule has 0 amide bonds. The molecule has 0 aromatic heterocycles. The third-order valence-corrected chi connectivity index (χ3v) is 0.806. The maximum atomic E-state index is 10.3. The average Bonchev–Trinajstić information content (AvgIpc) is 1.64. The summed E-state index contributed by atoms with van der Waals surface area (Å²) < 4.78 is 0. The topological polar surface area (TPSA) is 49.7 Å². The molecule has 3 nitrogen and oxygen atoms in total. The van der Waals surface area contributed by atoms with Crippen LogP contribution in [0.2, 0.25) is 0 Å². The van der Waals surface area contributed by atoms with Gasteiger partial charge in [-0.25, -0.2) is 4.99 Å². The SMILES string of the molecule is O=C1C=C(O)N=CC1. The molecule has 0 spiro atoms. The third kappa shape index (κ3) is 0.932. The van der Waals surface area contributed by atoms with E-state index in [1.165, 1.54) is 6.21 Å². The molecular weight excluding hydrogens is 106 g/mol. The van der Waals surface area contributed by atoms with Gasteiger partial charge in [0.25, 0.3) is 0 Å². The number of allylic oxidation sites excluding steroid dienone is 1. The normalized spacial score (nSPS) is 18.5. The summed E-state index contributed by atoms with van der Waals surface area (Å²) in [5.41, 5.74) is 0. The molecule has 0 saturated heterocycles. The molecule has 3 heteroatoms. The summed E-state index contributed by atoms with van der Waals surface area (Å²) in [5.74, 6) is -0.293. The molecule has 0 atom stereocenters. The highest BCUT2D eigenvalue weighted by molar-refractivity contribution is 6.01. The molecule has 1 rings (SSSR count). The Bertz CT molecular complexity index is 169. The summed E-state index contributed by atoms with van der Waals surface area (Å²) in [6, 6.07) is 0. The largest absolute Gasteiger partial charge is 0.493 e. The Morgan fingerprint density at radius 3 is 2.88 bits per heavy atom. The van der Waals surface area contributed by atoms with Gasteiger partial charge in [0.2, 0.25) is 5.88 Å². The van der Waals surface area contributed by atoms with Gasteiger partial charge >= 0.3 is 0 Å². The van der Waals surface area contributed by atoms with Crippen LogP contribution in [-0.4, -0.2) is 17.1 Å². The fraction of sp³-hybridized carbons (Fsp3) is 0.200. The Morgan fingerprint density at radius 1 is 1.75 bits per heavy atom. The van der Waals surface area contributed by atoms with Gasteiger partial charge in [-0.3, -0.25) is 4.79 Å². The van der Waals surface area contributed by atoms with E-state index in [0.717, 1.165) is 6.08 Å². The molecule has 0 aromatic carbocycles. The molecular formula is C5H5NO2. The molecule has 0 fully saturated rings. The first kappa shape index (κ1) is 5.03. The van der Waals surface area contributed by atoms with Crippen molar-refractivity contribution in [3.05, 3.63) is 12.0 Å². The average molecular weight is 111 g/mol. The highest BCUT2D eigenvalue weighted by Gasteiger charge is 2.01. The predicted molar refractivity (Wildman–Crippen MR) is 28.8 cm³/mol. The van der Waals surface area contributed by atoms with Crippen LogP contribution in [0.3, 0.4) is 0 Å². The Morgan fingerprint density at radius 2 is 2.50 bits per heavy atom. The summed E-state index contributed by atoms with van der Waals surface area (Å²) in [4.78, 5) is 13.8. The molecule has 1 heterocycles. The van der Waals surface area contributed by atoms with Gasteiger partial charge < -0.3 is 5.11 Å². The number of hydrogen-bond donors (Lipinski definition) is 1. The van der Waals surface area contributed by atoms with Gasteiger partial charge in [0.15, 0.2) is 5.78 Å². The van der Waals surface area contributed by atoms with Gasteiger partial charge in [-0.1, -0.05) is 0 Å². The first-order chi connectivity index (χ1) is 3.79. The van der Waals surface area contributed by atoms with Crippen molar-refractivity contribution in [3.8, 4) is 0 Å². The molecule has 0 aliphatic carbocycles. The lowest BCUT2D eigenvalue weighted by atomic mass is 10.2. The quantitative estimate of drug-likeness (QED) is 0.492. The minimum Gasteiger partial charge on any atom is -0.493 e. The van der Waals surface area contributed by atoms with Gasteiger partial charge in [-0.2, -0.15) is 0 Å². The van der Waals surface area contributed by atoms with E-state index in [0.29, 0.717) is 6.42 Å². The molecule has 0 unspecified atom stereocenters. The minimum absolute atomic E-state index is 0.0995. The van der Waals surface area contributed by atoms with Gasteiger partial charge in [-0.15, -0.1) is 0 Å². The molecule has 0 aromatic rings. The van der Waals surface area contributed by atoms with E-state index in [9.17, 15) is 4.79 Å². The maximum absolute atomic E-state index is 10.3. The zero-order valence-electron chi connectivity index (χ0n) is 4.16. The lowest BCUT2D eigenvalue weighted by molar-refractivity contribution is -0.113. The number of carbonyl (C=O) groups is 1. The van der Waals surface area contributed by atoms with Crippen LogP contribution in [0.25, 0.3) is 0 Å². The minimum atomic E-state index is -0.193. The molecule has 42 valence electrons. The van der Waals surface area contributed by atoms with Crippen molar-refractivity contribution in [2.24, 2.45) is 4.99 Å². The van der Waals surface area contributed by atoms with Crippen molar-refractivity contribution < 1.29 is 9.90 Å². The van der Waals surface area contributed by atoms with Crippen LogP contribution in [0.5, 0.6) is 0 Å². The lowest BCUT2D eigenvalue weighted by Crippen LogP contribution is -1.99. The molecule has 1 N–H and O–H groups in total. The fourth-order valence-electron chi connectivity index (χ4n) is 0.469. The fourth-order valence-corrected chi connectivity index (χ4v) is 0.469. The zero-order valence-corrected chi connectivity index (χ0v) is 4.16. The second-order valence-electron chi connectivity index (χ2n) is 1.48. The van der Waals surface area contributed by atoms with Crippen molar-refractivity contribution >= 4 is 12.0 Å². The molecule has 1 aliphatic rings. The van der Waals surface area contributed by atoms with Crippen LogP contribution in [0.15, 0.2) is 17.0 Å². The highest BCUT2D eigenvalue weighted by Crippen LogP contribution is 1.97. The summed E-state index contributed by atoms with van der Waals surface area (Å²) in [7, 11) is 0. The van der Waals surface area contributed by atoms with Crippen molar-refractivity contribution in [1.29, 1.82) is 0 Å². The highest BCUT2D eigenvalue weighted by atomic mass is 16.3. The maximum Gasteiger partial charge on any atom is 0.213 e. The summed E-state index contributed by atoms with van der Waals surface area (Å²) in [6.45, 7) is 0. The number of hydrogen-bond acceptors (Lipinski definition) is 3. The van der Waals surface area contributed by atoms with Gasteiger partial charge in [0.1, 0.15) is 0 Å². The standard InChI is InChI=1S/C5H5NO2/c7-4-1-2-6-5(8)3-4/h2-3,8H,1H2. The van der Waals surface area contributed by atoms with E-state index >= 15 is 0 Å². The summed E-state index contributed by atoms with van der Waals surface area (Å²) in [6.07, 6.45) is 2.81. The Labute approximate surface area is 46.4 Å². The molecule has 8 heavy (non-hydrogen) atoms. The van der Waals surface area contributed by atoms with E-state index in [1.807, 2.05) is 0 Å². The number of carbonyl (C=O) groups excluding carboxylic acids is 1. The summed E-state index contributed by atoms with van der Waals surface area (Å²) in [5, 5.41) is 8.52. The van der Waals surface area contributed by atoms with Gasteiger partial charge in [-0.05, 0) is 0 Å². The van der Waals surface area contributed by atoms with Gasteiger partial charge in [0.05, 0.1) is 0 Å². The van der Waals surface area contributed by atoms with Crippen molar-refractivity contribution in [1.82, 2.24) is 0 Å². The first-order valence-corrected chi connectivity index (χ1v) is 2.25. The predicted octanol–water partition coefficient (Wildman–Crippen LogP) is 0.429. The van der Waals surface area contributed by atoms with Crippen LogP contribution < -0.4 is 0 Å². The monoisotopic (exact) mass is 111 g/mol. The zero-order chi connectivity index (χ0) is 5.98.